The van der Waals surface area contributed by atoms with Crippen LogP contribution < -0.4 is 19.3 Å². The molecule has 4 amide bonds. The number of methoxy groups -OCH3 is 2. The number of imide groups is 2. The molecular formula is C34H28N4O11. The topological polar surface area (TPSA) is 200 Å². The number of benzene rings is 3. The van der Waals surface area contributed by atoms with E-state index in [0.29, 0.717) is 5.57 Å². The highest BCUT2D eigenvalue weighted by Crippen LogP contribution is 2.60. The van der Waals surface area contributed by atoms with Gasteiger partial charge in [0.15, 0.2) is 0 Å². The number of ether oxygens (including phenoxy) is 2. The summed E-state index contributed by atoms with van der Waals surface area (Å²) in [6.45, 7) is 0. The quantitative estimate of drug-likeness (QED) is 0.163. The minimum atomic E-state index is -1.05. The van der Waals surface area contributed by atoms with E-state index in [1.165, 1.54) is 74.9 Å². The Bertz CT molecular complexity index is 1990. The lowest BCUT2D eigenvalue weighted by molar-refractivity contribution is -0.385. The monoisotopic (exact) mass is 668 g/mol. The van der Waals surface area contributed by atoms with E-state index in [4.69, 9.17) is 9.47 Å². The molecule has 15 heteroatoms. The average Bonchev–Trinajstić information content (AvgIpc) is 3.50. The second-order valence-corrected chi connectivity index (χ2v) is 12.4. The number of anilines is 2. The summed E-state index contributed by atoms with van der Waals surface area (Å²) in [5.41, 5.74) is 0.678. The third-order valence-electron chi connectivity index (χ3n) is 10.1. The van der Waals surface area contributed by atoms with Crippen LogP contribution in [0.2, 0.25) is 0 Å². The first-order valence-corrected chi connectivity index (χ1v) is 15.4. The van der Waals surface area contributed by atoms with E-state index in [1.54, 1.807) is 6.08 Å². The van der Waals surface area contributed by atoms with Crippen LogP contribution in [0.5, 0.6) is 17.2 Å². The first-order chi connectivity index (χ1) is 23.5. The first-order valence-electron chi connectivity index (χ1n) is 15.4. The van der Waals surface area contributed by atoms with Gasteiger partial charge < -0.3 is 14.6 Å². The molecule has 0 radical (unpaired) electrons. The number of hydrogen-bond acceptors (Lipinski definition) is 11. The van der Waals surface area contributed by atoms with Gasteiger partial charge in [-0.3, -0.25) is 49.2 Å². The Morgan fingerprint density at radius 2 is 1.24 bits per heavy atom. The number of nitro groups is 2. The van der Waals surface area contributed by atoms with Gasteiger partial charge in [0.1, 0.15) is 17.2 Å². The Morgan fingerprint density at radius 1 is 0.714 bits per heavy atom. The number of carbonyl (C=O) groups is 4. The number of phenols is 1. The Balaban J connectivity index is 1.34. The third kappa shape index (κ3) is 4.71. The number of hydrogen-bond donors (Lipinski definition) is 1. The summed E-state index contributed by atoms with van der Waals surface area (Å²) in [6, 6.07) is 13.0. The van der Waals surface area contributed by atoms with Crippen molar-refractivity contribution in [2.45, 2.75) is 18.8 Å². The molecule has 3 aromatic carbocycles. The van der Waals surface area contributed by atoms with Crippen LogP contribution >= 0.6 is 0 Å². The van der Waals surface area contributed by atoms with Gasteiger partial charge in [-0.15, -0.1) is 0 Å². The number of amides is 4. The number of nitrogens with zero attached hydrogens (tertiary/aromatic N) is 4. The molecule has 2 aliphatic heterocycles. The molecule has 2 heterocycles. The van der Waals surface area contributed by atoms with E-state index in [-0.39, 0.29) is 58.4 Å². The van der Waals surface area contributed by atoms with Crippen LogP contribution in [0.15, 0.2) is 72.3 Å². The molecule has 4 aliphatic rings. The Labute approximate surface area is 277 Å². The van der Waals surface area contributed by atoms with E-state index >= 15 is 0 Å². The third-order valence-corrected chi connectivity index (χ3v) is 10.1. The Kier molecular flexibility index (Phi) is 7.41. The van der Waals surface area contributed by atoms with Crippen LogP contribution in [-0.4, -0.2) is 52.8 Å². The fourth-order valence-corrected chi connectivity index (χ4v) is 8.05. The fourth-order valence-electron chi connectivity index (χ4n) is 8.05. The summed E-state index contributed by atoms with van der Waals surface area (Å²) in [6.07, 6.45) is 1.97. The predicted octanol–water partition coefficient (Wildman–Crippen LogP) is 4.27. The smallest absolute Gasteiger partial charge is 0.269 e. The molecule has 15 nitrogen and oxygen atoms in total. The van der Waals surface area contributed by atoms with Crippen LogP contribution in [0.4, 0.5) is 22.7 Å². The number of non-ortho nitro benzene ring substituents is 2. The number of rotatable bonds is 7. The number of aromatic hydroxyl groups is 1. The lowest BCUT2D eigenvalue weighted by Crippen LogP contribution is -2.43. The number of allylic oxidation sites excluding steroid dienone is 2. The van der Waals surface area contributed by atoms with Crippen molar-refractivity contribution in [2.24, 2.45) is 29.6 Å². The maximum atomic E-state index is 14.3. The standard InChI is InChI=1S/C34H28N4O11/c1-48-20-13-25(39)30(26(14-20)49-2)28-21-11-12-22-27(33(42)35(31(22)40)16-3-7-18(8-4-16)37(44)45)23(21)15-24-29(28)34(43)36(32(24)41)17-5-9-19(10-6-17)38(46)47/h3-11,13-14,22-24,27-29,39H,12,15H2,1-2H3. The summed E-state index contributed by atoms with van der Waals surface area (Å²) < 4.78 is 11.0. The Morgan fingerprint density at radius 3 is 1.76 bits per heavy atom. The van der Waals surface area contributed by atoms with Gasteiger partial charge in [0.05, 0.1) is 59.1 Å². The molecule has 250 valence electrons. The summed E-state index contributed by atoms with van der Waals surface area (Å²) in [5.74, 6) is -7.41. The fraction of sp³-hybridized carbons (Fsp3) is 0.294. The van der Waals surface area contributed by atoms with E-state index in [9.17, 15) is 44.5 Å². The highest BCUT2D eigenvalue weighted by atomic mass is 16.6. The summed E-state index contributed by atoms with van der Waals surface area (Å²) in [4.78, 5) is 79.8. The molecule has 1 N–H and O–H groups in total. The van der Waals surface area contributed by atoms with Gasteiger partial charge in [-0.25, -0.2) is 0 Å². The van der Waals surface area contributed by atoms with Crippen molar-refractivity contribution >= 4 is 46.4 Å². The van der Waals surface area contributed by atoms with E-state index < -0.39 is 69.0 Å². The largest absolute Gasteiger partial charge is 0.507 e. The SMILES string of the molecule is COc1cc(O)c(C2C3=CCC4C(=O)N(c5ccc([N+](=O)[O-])cc5)C(=O)C4C3CC3C(=O)N(c4ccc([N+](=O)[O-])cc4)C(=O)C32)c(OC)c1. The molecule has 3 fully saturated rings. The van der Waals surface area contributed by atoms with Gasteiger partial charge in [-0.05, 0) is 43.0 Å². The second kappa shape index (κ2) is 11.5. The minimum absolute atomic E-state index is 0.0363. The lowest BCUT2D eigenvalue weighted by Gasteiger charge is -2.44. The zero-order chi connectivity index (χ0) is 34.9. The minimum Gasteiger partial charge on any atom is -0.507 e. The first kappa shape index (κ1) is 31.5. The molecule has 0 spiro atoms. The summed E-state index contributed by atoms with van der Waals surface area (Å²) >= 11 is 0. The second-order valence-electron chi connectivity index (χ2n) is 12.4. The van der Waals surface area contributed by atoms with Crippen molar-refractivity contribution in [3.05, 3.63) is 98.1 Å². The van der Waals surface area contributed by atoms with Crippen LogP contribution in [0, 0.1) is 49.8 Å². The molecule has 3 aromatic rings. The van der Waals surface area contributed by atoms with Crippen LogP contribution in [0.3, 0.4) is 0 Å². The molecule has 0 bridgehead atoms. The maximum Gasteiger partial charge on any atom is 0.269 e. The Hall–Kier alpha value is -6.12. The highest BCUT2D eigenvalue weighted by Gasteiger charge is 2.63. The number of nitro benzene ring substituents is 2. The molecule has 49 heavy (non-hydrogen) atoms. The molecule has 2 aliphatic carbocycles. The molecule has 6 atom stereocenters. The van der Waals surface area contributed by atoms with Gasteiger partial charge in [0.25, 0.3) is 11.4 Å². The van der Waals surface area contributed by atoms with Crippen LogP contribution in [0.25, 0.3) is 0 Å². The average molecular weight is 669 g/mol. The van der Waals surface area contributed by atoms with Gasteiger partial charge >= 0.3 is 0 Å². The number of fused-ring (bicyclic) bond motifs is 4. The lowest BCUT2D eigenvalue weighted by atomic mass is 9.57. The molecule has 1 saturated carbocycles. The van der Waals surface area contributed by atoms with Crippen molar-refractivity contribution < 1.29 is 43.6 Å². The molecular weight excluding hydrogens is 640 g/mol. The predicted molar refractivity (Wildman–Crippen MR) is 170 cm³/mol. The van der Waals surface area contributed by atoms with Crippen molar-refractivity contribution in [1.82, 2.24) is 0 Å². The molecule has 0 aromatic heterocycles. The van der Waals surface area contributed by atoms with Gasteiger partial charge in [-0.2, -0.15) is 0 Å². The van der Waals surface area contributed by atoms with E-state index in [0.717, 1.165) is 9.80 Å². The number of phenolic OH excluding ortho intramolecular Hbond substituents is 1. The molecule has 7 rings (SSSR count). The van der Waals surface area contributed by atoms with Crippen molar-refractivity contribution in [1.29, 1.82) is 0 Å². The zero-order valence-electron chi connectivity index (χ0n) is 26.0. The molecule has 6 unspecified atom stereocenters. The van der Waals surface area contributed by atoms with Gasteiger partial charge in [0.2, 0.25) is 23.6 Å². The van der Waals surface area contributed by atoms with Gasteiger partial charge in [-0.1, -0.05) is 11.6 Å². The number of carbonyl (C=O) groups excluding carboxylic acids is 4. The zero-order valence-corrected chi connectivity index (χ0v) is 26.0. The van der Waals surface area contributed by atoms with Crippen LogP contribution in [-0.2, 0) is 19.2 Å². The summed E-state index contributed by atoms with van der Waals surface area (Å²) in [7, 11) is 2.79. The molecule has 2 saturated heterocycles. The van der Waals surface area contributed by atoms with E-state index in [2.05, 4.69) is 0 Å². The maximum absolute atomic E-state index is 14.3. The van der Waals surface area contributed by atoms with Crippen molar-refractivity contribution in [2.75, 3.05) is 24.0 Å². The van der Waals surface area contributed by atoms with Crippen molar-refractivity contribution in [3.63, 3.8) is 0 Å². The van der Waals surface area contributed by atoms with Crippen molar-refractivity contribution in [3.8, 4) is 17.2 Å². The van der Waals surface area contributed by atoms with Crippen LogP contribution in [0.1, 0.15) is 24.3 Å². The highest BCUT2D eigenvalue weighted by molar-refractivity contribution is 6.24. The van der Waals surface area contributed by atoms with Gasteiger partial charge in [0, 0.05) is 47.9 Å². The normalized spacial score (nSPS) is 25.8. The summed E-state index contributed by atoms with van der Waals surface area (Å²) in [5, 5.41) is 33.9. The van der Waals surface area contributed by atoms with E-state index in [1.807, 2.05) is 0 Å².